The number of hydrogen-bond donors (Lipinski definition) is 1. The minimum Gasteiger partial charge on any atom is -0.308 e. The van der Waals surface area contributed by atoms with Gasteiger partial charge in [0.1, 0.15) is 0 Å². The fourth-order valence-corrected chi connectivity index (χ4v) is 4.08. The monoisotopic (exact) mass is 315 g/mol. The third-order valence-corrected chi connectivity index (χ3v) is 5.56. The van der Waals surface area contributed by atoms with Crippen molar-refractivity contribution in [3.8, 4) is 0 Å². The summed E-state index contributed by atoms with van der Waals surface area (Å²) in [6.07, 6.45) is 4.06. The Morgan fingerprint density at radius 3 is 1.81 bits per heavy atom. The van der Waals surface area contributed by atoms with Crippen molar-refractivity contribution in [3.63, 3.8) is 0 Å². The van der Waals surface area contributed by atoms with Gasteiger partial charge in [-0.3, -0.25) is 4.79 Å². The van der Waals surface area contributed by atoms with Crippen LogP contribution in [0.4, 0.5) is 0 Å². The first-order chi connectivity index (χ1) is 10.1. The fraction of sp³-hybridized carbons (Fsp3) is 0.235. The van der Waals surface area contributed by atoms with Gasteiger partial charge in [0.15, 0.2) is 5.78 Å². The summed E-state index contributed by atoms with van der Waals surface area (Å²) in [5.41, 5.74) is 4.16. The first-order valence-electron chi connectivity index (χ1n) is 6.90. The van der Waals surface area contributed by atoms with Gasteiger partial charge in [-0.05, 0) is 60.0 Å². The van der Waals surface area contributed by atoms with E-state index in [9.17, 15) is 4.79 Å². The lowest BCUT2D eigenvalue weighted by atomic mass is 9.97. The normalized spacial score (nSPS) is 19.6. The number of hydrogen-bond acceptors (Lipinski definition) is 4. The molecule has 1 saturated heterocycles. The number of ketones is 1. The van der Waals surface area contributed by atoms with Crippen molar-refractivity contribution in [1.82, 2.24) is 5.32 Å². The number of piperidine rings is 1. The average Bonchev–Trinajstić information content (AvgIpc) is 3.04. The van der Waals surface area contributed by atoms with Crippen LogP contribution in [0.3, 0.4) is 0 Å². The van der Waals surface area contributed by atoms with Gasteiger partial charge in [0.05, 0.1) is 0 Å². The average molecular weight is 315 g/mol. The molecule has 0 aliphatic carbocycles. The lowest BCUT2D eigenvalue weighted by Crippen LogP contribution is -2.32. The predicted molar refractivity (Wildman–Crippen MR) is 91.9 cm³/mol. The van der Waals surface area contributed by atoms with Gasteiger partial charge in [-0.1, -0.05) is 0 Å². The van der Waals surface area contributed by atoms with Crippen molar-refractivity contribution >= 4 is 40.6 Å². The van der Waals surface area contributed by atoms with Crippen molar-refractivity contribution in [3.05, 3.63) is 54.9 Å². The molecule has 2 aromatic heterocycles. The zero-order valence-electron chi connectivity index (χ0n) is 12.1. The molecule has 0 aromatic carbocycles. The maximum absolute atomic E-state index is 12.6. The molecule has 0 radical (unpaired) electrons. The van der Waals surface area contributed by atoms with E-state index >= 15 is 0 Å². The van der Waals surface area contributed by atoms with Crippen LogP contribution < -0.4 is 5.32 Å². The lowest BCUT2D eigenvalue weighted by Gasteiger charge is -2.18. The third kappa shape index (κ3) is 3.07. The van der Waals surface area contributed by atoms with E-state index in [1.54, 1.807) is 22.7 Å². The molecule has 1 aliphatic rings. The molecule has 1 N–H and O–H groups in total. The summed E-state index contributed by atoms with van der Waals surface area (Å²) in [4.78, 5) is 15.0. The number of carbonyl (C=O) groups excluding carboxylic acids is 1. The molecule has 3 heterocycles. The molecular weight excluding hydrogens is 298 g/mol. The van der Waals surface area contributed by atoms with Crippen LogP contribution in [0.1, 0.15) is 20.9 Å². The first-order valence-corrected chi connectivity index (χ1v) is 8.66. The van der Waals surface area contributed by atoms with E-state index in [4.69, 9.17) is 0 Å². The second kappa shape index (κ2) is 6.10. The van der Waals surface area contributed by atoms with Gasteiger partial charge in [0.25, 0.3) is 0 Å². The SMILES string of the molecule is Cc1ccsc1/C=C1\CNC/C(=C\c2sccc2C)C1=O. The first kappa shape index (κ1) is 14.4. The molecule has 1 fully saturated rings. The zero-order valence-corrected chi connectivity index (χ0v) is 13.7. The quantitative estimate of drug-likeness (QED) is 0.847. The highest BCUT2D eigenvalue weighted by Crippen LogP contribution is 2.24. The molecule has 0 bridgehead atoms. The molecule has 0 atom stereocenters. The van der Waals surface area contributed by atoms with Gasteiger partial charge in [0, 0.05) is 34.0 Å². The zero-order chi connectivity index (χ0) is 14.8. The lowest BCUT2D eigenvalue weighted by molar-refractivity contribution is -0.112. The summed E-state index contributed by atoms with van der Waals surface area (Å²) in [7, 11) is 0. The van der Waals surface area contributed by atoms with Gasteiger partial charge in [-0.25, -0.2) is 0 Å². The van der Waals surface area contributed by atoms with Crippen LogP contribution in [-0.4, -0.2) is 18.9 Å². The summed E-state index contributed by atoms with van der Waals surface area (Å²) in [6.45, 7) is 5.46. The maximum atomic E-state index is 12.6. The number of nitrogens with one attached hydrogen (secondary N) is 1. The van der Waals surface area contributed by atoms with Crippen LogP contribution in [0.2, 0.25) is 0 Å². The van der Waals surface area contributed by atoms with Crippen molar-refractivity contribution in [2.75, 3.05) is 13.1 Å². The molecule has 0 spiro atoms. The second-order valence-corrected chi connectivity index (χ2v) is 7.10. The Labute approximate surface area is 132 Å². The number of carbonyl (C=O) groups is 1. The van der Waals surface area contributed by atoms with Crippen LogP contribution >= 0.6 is 22.7 Å². The Hall–Kier alpha value is -1.49. The van der Waals surface area contributed by atoms with Crippen LogP contribution in [0, 0.1) is 13.8 Å². The molecule has 2 nitrogen and oxygen atoms in total. The number of rotatable bonds is 2. The van der Waals surface area contributed by atoms with Gasteiger partial charge in [-0.2, -0.15) is 0 Å². The number of Topliss-reactive ketones (excluding diaryl/α,β-unsaturated/α-hetero) is 1. The Bertz CT molecular complexity index is 673. The highest BCUT2D eigenvalue weighted by molar-refractivity contribution is 7.11. The molecule has 0 saturated carbocycles. The molecule has 21 heavy (non-hydrogen) atoms. The van der Waals surface area contributed by atoms with Crippen LogP contribution in [0.15, 0.2) is 34.0 Å². The second-order valence-electron chi connectivity index (χ2n) is 5.21. The highest BCUT2D eigenvalue weighted by atomic mass is 32.1. The number of thiophene rings is 2. The van der Waals surface area contributed by atoms with Crippen LogP contribution in [-0.2, 0) is 4.79 Å². The van der Waals surface area contributed by atoms with E-state index in [1.807, 2.05) is 12.2 Å². The van der Waals surface area contributed by atoms with Crippen LogP contribution in [0.5, 0.6) is 0 Å². The van der Waals surface area contributed by atoms with E-state index in [0.29, 0.717) is 13.1 Å². The fourth-order valence-electron chi connectivity index (χ4n) is 2.31. The maximum Gasteiger partial charge on any atom is 0.187 e. The van der Waals surface area contributed by atoms with E-state index < -0.39 is 0 Å². The van der Waals surface area contributed by atoms with E-state index in [2.05, 4.69) is 42.1 Å². The smallest absolute Gasteiger partial charge is 0.187 e. The molecule has 0 amide bonds. The molecule has 1 aliphatic heterocycles. The summed E-state index contributed by atoms with van der Waals surface area (Å²) in [6, 6.07) is 4.17. The molecular formula is C17H17NOS2. The minimum absolute atomic E-state index is 0.175. The molecule has 108 valence electrons. The van der Waals surface area contributed by atoms with E-state index in [0.717, 1.165) is 11.1 Å². The summed E-state index contributed by atoms with van der Waals surface area (Å²) in [5.74, 6) is 0.175. The third-order valence-electron chi connectivity index (χ3n) is 3.63. The van der Waals surface area contributed by atoms with Gasteiger partial charge in [-0.15, -0.1) is 22.7 Å². The molecule has 4 heteroatoms. The summed E-state index contributed by atoms with van der Waals surface area (Å²) < 4.78 is 0. The summed E-state index contributed by atoms with van der Waals surface area (Å²) in [5, 5.41) is 7.46. The van der Waals surface area contributed by atoms with Crippen molar-refractivity contribution in [2.24, 2.45) is 0 Å². The number of aryl methyl sites for hydroxylation is 2. The molecule has 0 unspecified atom stereocenters. The standard InChI is InChI=1S/C17H17NOS2/c1-11-3-5-20-15(11)7-13-9-18-10-14(17(13)19)8-16-12(2)4-6-21-16/h3-8,18H,9-10H2,1-2H3/b13-7+,14-8+. The van der Waals surface area contributed by atoms with E-state index in [1.165, 1.54) is 20.9 Å². The van der Waals surface area contributed by atoms with Gasteiger partial charge in [0.2, 0.25) is 0 Å². The van der Waals surface area contributed by atoms with Crippen LogP contribution in [0.25, 0.3) is 12.2 Å². The highest BCUT2D eigenvalue weighted by Gasteiger charge is 2.20. The summed E-state index contributed by atoms with van der Waals surface area (Å²) >= 11 is 3.36. The Morgan fingerprint density at radius 2 is 1.43 bits per heavy atom. The predicted octanol–water partition coefficient (Wildman–Crippen LogP) is 4.07. The van der Waals surface area contributed by atoms with Crippen molar-refractivity contribution in [1.29, 1.82) is 0 Å². The Kier molecular flexibility index (Phi) is 4.19. The van der Waals surface area contributed by atoms with Crippen molar-refractivity contribution < 1.29 is 4.79 Å². The molecule has 2 aromatic rings. The van der Waals surface area contributed by atoms with Crippen molar-refractivity contribution in [2.45, 2.75) is 13.8 Å². The largest absolute Gasteiger partial charge is 0.308 e. The minimum atomic E-state index is 0.175. The Morgan fingerprint density at radius 1 is 0.952 bits per heavy atom. The topological polar surface area (TPSA) is 29.1 Å². The molecule has 3 rings (SSSR count). The van der Waals surface area contributed by atoms with Gasteiger partial charge >= 0.3 is 0 Å². The van der Waals surface area contributed by atoms with Gasteiger partial charge < -0.3 is 5.32 Å². The van der Waals surface area contributed by atoms with E-state index in [-0.39, 0.29) is 5.78 Å². The Balaban J connectivity index is 1.91.